The summed E-state index contributed by atoms with van der Waals surface area (Å²) in [7, 11) is 0. The molecule has 2 rings (SSSR count). The lowest BCUT2D eigenvalue weighted by atomic mass is 9.74. The van der Waals surface area contributed by atoms with E-state index in [1.807, 2.05) is 11.6 Å². The van der Waals surface area contributed by atoms with Crippen LogP contribution in [0, 0.1) is 12.3 Å². The van der Waals surface area contributed by atoms with E-state index in [1.165, 1.54) is 19.3 Å². The van der Waals surface area contributed by atoms with Gasteiger partial charge >= 0.3 is 0 Å². The summed E-state index contributed by atoms with van der Waals surface area (Å²) in [4.78, 5) is 0. The minimum absolute atomic E-state index is 0.0138. The monoisotopic (exact) mass is 280 g/mol. The molecule has 0 aromatic carbocycles. The molecule has 1 aromatic rings. The highest BCUT2D eigenvalue weighted by Crippen LogP contribution is 2.36. The van der Waals surface area contributed by atoms with Crippen LogP contribution in [-0.4, -0.2) is 28.0 Å². The summed E-state index contributed by atoms with van der Waals surface area (Å²) >= 11 is 0. The van der Waals surface area contributed by atoms with Crippen LogP contribution in [0.2, 0.25) is 0 Å². The zero-order chi connectivity index (χ0) is 14.6. The van der Waals surface area contributed by atoms with Crippen molar-refractivity contribution >= 4 is 11.5 Å². The van der Waals surface area contributed by atoms with Crippen molar-refractivity contribution in [1.82, 2.24) is 9.78 Å². The van der Waals surface area contributed by atoms with Gasteiger partial charge in [0.15, 0.2) is 0 Å². The molecule has 0 amide bonds. The van der Waals surface area contributed by atoms with Crippen molar-refractivity contribution in [1.29, 1.82) is 0 Å². The topological polar surface area (TPSA) is 76.1 Å². The Morgan fingerprint density at radius 3 is 2.65 bits per heavy atom. The molecule has 1 saturated carbocycles. The fourth-order valence-electron chi connectivity index (χ4n) is 3.12. The lowest BCUT2D eigenvalue weighted by Crippen LogP contribution is -2.36. The van der Waals surface area contributed by atoms with E-state index in [0.29, 0.717) is 0 Å². The zero-order valence-corrected chi connectivity index (χ0v) is 12.8. The molecule has 0 bridgehead atoms. The number of nitrogens with one attached hydrogen (secondary N) is 1. The second kappa shape index (κ2) is 6.48. The van der Waals surface area contributed by atoms with Gasteiger partial charge in [0.1, 0.15) is 5.82 Å². The molecule has 0 saturated heterocycles. The summed E-state index contributed by atoms with van der Waals surface area (Å²) in [5.41, 5.74) is 7.76. The van der Waals surface area contributed by atoms with Crippen molar-refractivity contribution in [3.05, 3.63) is 5.69 Å². The highest BCUT2D eigenvalue weighted by Gasteiger charge is 2.31. The lowest BCUT2D eigenvalue weighted by molar-refractivity contribution is 0.0942. The summed E-state index contributed by atoms with van der Waals surface area (Å²) in [6.07, 6.45) is 6.93. The normalized spacial score (nSPS) is 18.1. The molecule has 114 valence electrons. The van der Waals surface area contributed by atoms with Crippen molar-refractivity contribution in [2.24, 2.45) is 5.41 Å². The molecule has 0 radical (unpaired) electrons. The number of nitrogen functional groups attached to an aromatic ring is 1. The molecule has 5 nitrogen and oxygen atoms in total. The van der Waals surface area contributed by atoms with Gasteiger partial charge in [-0.05, 0) is 26.2 Å². The van der Waals surface area contributed by atoms with Crippen LogP contribution in [0.25, 0.3) is 0 Å². The first kappa shape index (κ1) is 15.2. The second-order valence-corrected chi connectivity index (χ2v) is 6.14. The van der Waals surface area contributed by atoms with Crippen LogP contribution in [0.4, 0.5) is 11.5 Å². The Morgan fingerprint density at radius 2 is 2.05 bits per heavy atom. The molecule has 1 aliphatic carbocycles. The van der Waals surface area contributed by atoms with Crippen LogP contribution in [0.15, 0.2) is 0 Å². The third-order valence-electron chi connectivity index (χ3n) is 4.49. The van der Waals surface area contributed by atoms with Gasteiger partial charge in [-0.1, -0.05) is 26.2 Å². The molecular formula is C15H28N4O. The molecule has 4 N–H and O–H groups in total. The van der Waals surface area contributed by atoms with Gasteiger partial charge in [0.2, 0.25) is 0 Å². The van der Waals surface area contributed by atoms with Crippen molar-refractivity contribution in [3.63, 3.8) is 0 Å². The number of anilines is 2. The van der Waals surface area contributed by atoms with Crippen molar-refractivity contribution in [2.45, 2.75) is 58.9 Å². The molecular weight excluding hydrogens is 252 g/mol. The highest BCUT2D eigenvalue weighted by molar-refractivity contribution is 5.64. The number of aromatic nitrogens is 2. The minimum atomic E-state index is 0.0138. The SMILES string of the molecule is CCCn1nc(C)c(N)c1NCC1(CO)CCCCC1. The highest BCUT2D eigenvalue weighted by atomic mass is 16.3. The molecule has 1 heterocycles. The van der Waals surface area contributed by atoms with Crippen LogP contribution in [0.5, 0.6) is 0 Å². The number of aliphatic hydroxyl groups excluding tert-OH is 1. The summed E-state index contributed by atoms with van der Waals surface area (Å²) < 4.78 is 1.96. The predicted octanol–water partition coefficient (Wildman–Crippen LogP) is 2.54. The molecule has 0 spiro atoms. The molecule has 1 fully saturated rings. The van der Waals surface area contributed by atoms with E-state index in [9.17, 15) is 5.11 Å². The molecule has 0 aliphatic heterocycles. The predicted molar refractivity (Wildman–Crippen MR) is 82.8 cm³/mol. The smallest absolute Gasteiger partial charge is 0.148 e. The van der Waals surface area contributed by atoms with Gasteiger partial charge in [-0.25, -0.2) is 4.68 Å². The molecule has 20 heavy (non-hydrogen) atoms. The van der Waals surface area contributed by atoms with Crippen molar-refractivity contribution in [2.75, 3.05) is 24.2 Å². The van der Waals surface area contributed by atoms with Gasteiger partial charge in [-0.3, -0.25) is 0 Å². The fraction of sp³-hybridized carbons (Fsp3) is 0.800. The number of nitrogens with two attached hydrogens (primary N) is 1. The Hall–Kier alpha value is -1.23. The van der Waals surface area contributed by atoms with E-state index in [4.69, 9.17) is 5.73 Å². The van der Waals surface area contributed by atoms with E-state index in [1.54, 1.807) is 0 Å². The molecule has 1 aliphatic rings. The first-order chi connectivity index (χ1) is 9.62. The number of hydrogen-bond donors (Lipinski definition) is 3. The van der Waals surface area contributed by atoms with Crippen LogP contribution >= 0.6 is 0 Å². The summed E-state index contributed by atoms with van der Waals surface area (Å²) in [6.45, 7) is 5.97. The maximum atomic E-state index is 9.77. The van der Waals surface area contributed by atoms with Gasteiger partial charge in [0.25, 0.3) is 0 Å². The number of rotatable bonds is 6. The Bertz CT molecular complexity index is 435. The average Bonchev–Trinajstić information content (AvgIpc) is 2.73. The summed E-state index contributed by atoms with van der Waals surface area (Å²) in [5, 5.41) is 17.7. The van der Waals surface area contributed by atoms with Gasteiger partial charge in [0, 0.05) is 18.5 Å². The Kier molecular flexibility index (Phi) is 4.91. The van der Waals surface area contributed by atoms with Gasteiger partial charge < -0.3 is 16.2 Å². The van der Waals surface area contributed by atoms with E-state index < -0.39 is 0 Å². The first-order valence-corrected chi connectivity index (χ1v) is 7.79. The average molecular weight is 280 g/mol. The van der Waals surface area contributed by atoms with Crippen molar-refractivity contribution < 1.29 is 5.11 Å². The molecule has 1 aromatic heterocycles. The van der Waals surface area contributed by atoms with Gasteiger partial charge in [0.05, 0.1) is 18.0 Å². The number of aliphatic hydroxyl groups is 1. The summed E-state index contributed by atoms with van der Waals surface area (Å²) in [6, 6.07) is 0. The maximum Gasteiger partial charge on any atom is 0.148 e. The van der Waals surface area contributed by atoms with Gasteiger partial charge in [-0.15, -0.1) is 0 Å². The third kappa shape index (κ3) is 3.08. The third-order valence-corrected chi connectivity index (χ3v) is 4.49. The van der Waals surface area contributed by atoms with Crippen LogP contribution in [0.1, 0.15) is 51.1 Å². The fourth-order valence-corrected chi connectivity index (χ4v) is 3.12. The first-order valence-electron chi connectivity index (χ1n) is 7.79. The Balaban J connectivity index is 2.09. The maximum absolute atomic E-state index is 9.77. The quantitative estimate of drug-likeness (QED) is 0.748. The number of hydrogen-bond acceptors (Lipinski definition) is 4. The Morgan fingerprint density at radius 1 is 1.35 bits per heavy atom. The molecule has 0 atom stereocenters. The number of aryl methyl sites for hydroxylation is 2. The standard InChI is InChI=1S/C15H28N4O/c1-3-9-19-14(13(16)12(2)18-19)17-10-15(11-20)7-5-4-6-8-15/h17,20H,3-11,16H2,1-2H3. The molecule has 5 heteroatoms. The van der Waals surface area contributed by atoms with E-state index in [0.717, 1.165) is 49.6 Å². The number of nitrogens with zero attached hydrogens (tertiary/aromatic N) is 2. The van der Waals surface area contributed by atoms with Crippen LogP contribution in [0.3, 0.4) is 0 Å². The Labute approximate surface area is 121 Å². The van der Waals surface area contributed by atoms with Gasteiger partial charge in [-0.2, -0.15) is 5.10 Å². The van der Waals surface area contributed by atoms with E-state index in [-0.39, 0.29) is 12.0 Å². The zero-order valence-electron chi connectivity index (χ0n) is 12.8. The largest absolute Gasteiger partial charge is 0.396 e. The van der Waals surface area contributed by atoms with Crippen LogP contribution < -0.4 is 11.1 Å². The molecule has 0 unspecified atom stereocenters. The lowest BCUT2D eigenvalue weighted by Gasteiger charge is -2.36. The van der Waals surface area contributed by atoms with Crippen LogP contribution in [-0.2, 0) is 6.54 Å². The minimum Gasteiger partial charge on any atom is -0.396 e. The van der Waals surface area contributed by atoms with E-state index >= 15 is 0 Å². The second-order valence-electron chi connectivity index (χ2n) is 6.14. The summed E-state index contributed by atoms with van der Waals surface area (Å²) in [5.74, 6) is 0.919. The van der Waals surface area contributed by atoms with E-state index in [2.05, 4.69) is 17.3 Å². The van der Waals surface area contributed by atoms with Crippen molar-refractivity contribution in [3.8, 4) is 0 Å².